The van der Waals surface area contributed by atoms with Crippen molar-refractivity contribution >= 4 is 17.5 Å². The van der Waals surface area contributed by atoms with E-state index in [1.54, 1.807) is 17.0 Å². The number of hydrogen-bond acceptors (Lipinski definition) is 3. The molecule has 0 aliphatic carbocycles. The summed E-state index contributed by atoms with van der Waals surface area (Å²) in [5, 5.41) is 12.0. The minimum atomic E-state index is -0.138. The van der Waals surface area contributed by atoms with Gasteiger partial charge in [0, 0.05) is 30.8 Å². The molecule has 0 unspecified atom stereocenters. The molecule has 2 aromatic carbocycles. The fraction of sp³-hybridized carbons (Fsp3) is 0.300. The average molecular weight is 338 g/mol. The van der Waals surface area contributed by atoms with Crippen molar-refractivity contribution in [3.05, 3.63) is 65.2 Å². The fourth-order valence-electron chi connectivity index (χ4n) is 2.97. The SMILES string of the molecule is O=C(NCCc1ccc(CO)cc1)c1cccc(N2CCCC2=O)c1. The number of amides is 2. The van der Waals surface area contributed by atoms with Gasteiger partial charge < -0.3 is 15.3 Å². The highest BCUT2D eigenvalue weighted by Gasteiger charge is 2.22. The molecule has 1 aliphatic rings. The molecule has 1 saturated heterocycles. The third-order valence-corrected chi connectivity index (χ3v) is 4.40. The largest absolute Gasteiger partial charge is 0.392 e. The van der Waals surface area contributed by atoms with Crippen molar-refractivity contribution < 1.29 is 14.7 Å². The van der Waals surface area contributed by atoms with Crippen LogP contribution in [0, 0.1) is 0 Å². The highest BCUT2D eigenvalue weighted by atomic mass is 16.3. The Labute approximate surface area is 147 Å². The minimum Gasteiger partial charge on any atom is -0.392 e. The lowest BCUT2D eigenvalue weighted by atomic mass is 10.1. The lowest BCUT2D eigenvalue weighted by molar-refractivity contribution is -0.117. The van der Waals surface area contributed by atoms with Crippen LogP contribution in [0.5, 0.6) is 0 Å². The molecule has 0 atom stereocenters. The van der Waals surface area contributed by atoms with E-state index in [9.17, 15) is 9.59 Å². The first-order valence-electron chi connectivity index (χ1n) is 8.54. The second kappa shape index (κ2) is 7.94. The molecule has 2 amide bonds. The maximum Gasteiger partial charge on any atom is 0.251 e. The van der Waals surface area contributed by atoms with Gasteiger partial charge in [-0.2, -0.15) is 0 Å². The van der Waals surface area contributed by atoms with Gasteiger partial charge in [0.15, 0.2) is 0 Å². The van der Waals surface area contributed by atoms with Gasteiger partial charge in [0.05, 0.1) is 6.61 Å². The molecule has 0 saturated carbocycles. The topological polar surface area (TPSA) is 69.6 Å². The standard InChI is InChI=1S/C20H22N2O3/c23-14-16-8-6-15(7-9-16)10-11-21-20(25)17-3-1-4-18(13-17)22-12-2-5-19(22)24/h1,3-4,6-9,13,23H,2,5,10-12,14H2,(H,21,25). The van der Waals surface area contributed by atoms with E-state index in [-0.39, 0.29) is 18.4 Å². The summed E-state index contributed by atoms with van der Waals surface area (Å²) in [7, 11) is 0. The summed E-state index contributed by atoms with van der Waals surface area (Å²) in [6.07, 6.45) is 2.16. The number of nitrogens with one attached hydrogen (secondary N) is 1. The maximum atomic E-state index is 12.3. The van der Waals surface area contributed by atoms with Crippen LogP contribution in [0.3, 0.4) is 0 Å². The molecule has 5 nitrogen and oxygen atoms in total. The van der Waals surface area contributed by atoms with Gasteiger partial charge in [0.1, 0.15) is 0 Å². The molecule has 130 valence electrons. The predicted octanol–water partition coefficient (Wildman–Crippen LogP) is 2.28. The van der Waals surface area contributed by atoms with E-state index in [2.05, 4.69) is 5.32 Å². The van der Waals surface area contributed by atoms with Gasteiger partial charge in [-0.05, 0) is 42.2 Å². The van der Waals surface area contributed by atoms with Crippen LogP contribution in [-0.2, 0) is 17.8 Å². The smallest absolute Gasteiger partial charge is 0.251 e. The summed E-state index contributed by atoms with van der Waals surface area (Å²) < 4.78 is 0. The Balaban J connectivity index is 1.56. The molecule has 0 bridgehead atoms. The van der Waals surface area contributed by atoms with Crippen LogP contribution in [0.15, 0.2) is 48.5 Å². The van der Waals surface area contributed by atoms with Crippen molar-refractivity contribution in [3.8, 4) is 0 Å². The lowest BCUT2D eigenvalue weighted by Gasteiger charge is -2.16. The molecule has 0 radical (unpaired) electrons. The summed E-state index contributed by atoms with van der Waals surface area (Å²) in [6.45, 7) is 1.28. The first-order valence-corrected chi connectivity index (χ1v) is 8.54. The molecule has 2 aromatic rings. The summed E-state index contributed by atoms with van der Waals surface area (Å²) >= 11 is 0. The number of carbonyl (C=O) groups excluding carboxylic acids is 2. The monoisotopic (exact) mass is 338 g/mol. The third-order valence-electron chi connectivity index (χ3n) is 4.40. The second-order valence-corrected chi connectivity index (χ2v) is 6.18. The summed E-state index contributed by atoms with van der Waals surface area (Å²) in [4.78, 5) is 25.9. The molecule has 0 aromatic heterocycles. The Bertz CT molecular complexity index is 756. The normalized spacial score (nSPS) is 14.0. The summed E-state index contributed by atoms with van der Waals surface area (Å²) in [6, 6.07) is 14.9. The van der Waals surface area contributed by atoms with Crippen molar-refractivity contribution in [3.63, 3.8) is 0 Å². The van der Waals surface area contributed by atoms with Crippen LogP contribution >= 0.6 is 0 Å². The van der Waals surface area contributed by atoms with Crippen molar-refractivity contribution in [1.29, 1.82) is 0 Å². The number of benzene rings is 2. The second-order valence-electron chi connectivity index (χ2n) is 6.18. The molecule has 1 aliphatic heterocycles. The Hall–Kier alpha value is -2.66. The molecule has 2 N–H and O–H groups in total. The van der Waals surface area contributed by atoms with Crippen LogP contribution in [0.1, 0.15) is 34.3 Å². The number of hydrogen-bond donors (Lipinski definition) is 2. The zero-order valence-corrected chi connectivity index (χ0v) is 14.1. The fourth-order valence-corrected chi connectivity index (χ4v) is 2.97. The van der Waals surface area contributed by atoms with Gasteiger partial charge >= 0.3 is 0 Å². The maximum absolute atomic E-state index is 12.3. The molecule has 1 heterocycles. The van der Waals surface area contributed by atoms with Crippen LogP contribution < -0.4 is 10.2 Å². The number of aliphatic hydroxyl groups is 1. The Kier molecular flexibility index (Phi) is 5.46. The van der Waals surface area contributed by atoms with E-state index in [1.807, 2.05) is 36.4 Å². The van der Waals surface area contributed by atoms with Crippen LogP contribution in [-0.4, -0.2) is 30.0 Å². The van der Waals surface area contributed by atoms with E-state index >= 15 is 0 Å². The van der Waals surface area contributed by atoms with E-state index < -0.39 is 0 Å². The number of carbonyl (C=O) groups is 2. The molecule has 1 fully saturated rings. The summed E-state index contributed by atoms with van der Waals surface area (Å²) in [5.41, 5.74) is 3.33. The first kappa shape index (κ1) is 17.2. The Morgan fingerprint density at radius 1 is 1.12 bits per heavy atom. The molecule has 25 heavy (non-hydrogen) atoms. The number of rotatable bonds is 6. The van der Waals surface area contributed by atoms with Crippen LogP contribution in [0.2, 0.25) is 0 Å². The highest BCUT2D eigenvalue weighted by molar-refractivity contribution is 5.99. The van der Waals surface area contributed by atoms with Gasteiger partial charge in [-0.3, -0.25) is 9.59 Å². The molecular formula is C20H22N2O3. The molecular weight excluding hydrogens is 316 g/mol. The van der Waals surface area contributed by atoms with Gasteiger partial charge in [-0.1, -0.05) is 30.3 Å². The van der Waals surface area contributed by atoms with Gasteiger partial charge in [-0.15, -0.1) is 0 Å². The Morgan fingerprint density at radius 2 is 1.88 bits per heavy atom. The number of nitrogens with zero attached hydrogens (tertiary/aromatic N) is 1. The van der Waals surface area contributed by atoms with Crippen LogP contribution in [0.4, 0.5) is 5.69 Å². The highest BCUT2D eigenvalue weighted by Crippen LogP contribution is 2.22. The van der Waals surface area contributed by atoms with Gasteiger partial charge in [0.2, 0.25) is 5.91 Å². The van der Waals surface area contributed by atoms with E-state index in [4.69, 9.17) is 5.11 Å². The van der Waals surface area contributed by atoms with Crippen molar-refractivity contribution in [1.82, 2.24) is 5.32 Å². The lowest BCUT2D eigenvalue weighted by Crippen LogP contribution is -2.27. The molecule has 3 rings (SSSR count). The molecule has 5 heteroatoms. The number of aliphatic hydroxyl groups excluding tert-OH is 1. The van der Waals surface area contributed by atoms with Crippen LogP contribution in [0.25, 0.3) is 0 Å². The average Bonchev–Trinajstić information content (AvgIpc) is 3.08. The number of anilines is 1. The van der Waals surface area contributed by atoms with Crippen molar-refractivity contribution in [2.45, 2.75) is 25.9 Å². The summed E-state index contributed by atoms with van der Waals surface area (Å²) in [5.74, 6) is -0.0237. The Morgan fingerprint density at radius 3 is 2.56 bits per heavy atom. The zero-order valence-electron chi connectivity index (χ0n) is 14.1. The van der Waals surface area contributed by atoms with Gasteiger partial charge in [0.25, 0.3) is 5.91 Å². The van der Waals surface area contributed by atoms with E-state index in [0.29, 0.717) is 25.1 Å². The van der Waals surface area contributed by atoms with E-state index in [1.165, 1.54) is 0 Å². The van der Waals surface area contributed by atoms with E-state index in [0.717, 1.165) is 29.7 Å². The minimum absolute atomic E-state index is 0.0346. The quantitative estimate of drug-likeness (QED) is 0.849. The van der Waals surface area contributed by atoms with Crippen molar-refractivity contribution in [2.75, 3.05) is 18.0 Å². The zero-order chi connectivity index (χ0) is 17.6. The first-order chi connectivity index (χ1) is 12.2. The molecule has 0 spiro atoms. The van der Waals surface area contributed by atoms with Crippen molar-refractivity contribution in [2.24, 2.45) is 0 Å². The van der Waals surface area contributed by atoms with Gasteiger partial charge in [-0.25, -0.2) is 0 Å². The third kappa shape index (κ3) is 4.25. The predicted molar refractivity (Wildman–Crippen MR) is 96.4 cm³/mol.